The summed E-state index contributed by atoms with van der Waals surface area (Å²) in [5.41, 5.74) is 1.33. The normalized spacial score (nSPS) is 11.9. The van der Waals surface area contributed by atoms with Gasteiger partial charge < -0.3 is 0 Å². The van der Waals surface area contributed by atoms with Gasteiger partial charge in [0.15, 0.2) is 0 Å². The minimum atomic E-state index is -4.23. The zero-order chi connectivity index (χ0) is 14.8. The van der Waals surface area contributed by atoms with Gasteiger partial charge in [-0.05, 0) is 35.4 Å². The molecule has 6 heteroatoms. The van der Waals surface area contributed by atoms with Crippen LogP contribution in [0.15, 0.2) is 56.3 Å². The van der Waals surface area contributed by atoms with Crippen molar-refractivity contribution in [2.24, 2.45) is 0 Å². The molecule has 2 aromatic carbocycles. The highest BCUT2D eigenvalue weighted by Crippen LogP contribution is 2.24. The molecule has 0 aromatic heterocycles. The van der Waals surface area contributed by atoms with Crippen molar-refractivity contribution in [3.05, 3.63) is 62.5 Å². The molecule has 0 bridgehead atoms. The lowest BCUT2D eigenvalue weighted by Crippen LogP contribution is -2.00. The monoisotopic (exact) mass is 416 g/mol. The molecule has 0 aliphatic rings. The van der Waals surface area contributed by atoms with Crippen molar-refractivity contribution in [2.75, 3.05) is 0 Å². The summed E-state index contributed by atoms with van der Waals surface area (Å²) in [5.74, 6) is 0. The third kappa shape index (κ3) is 3.79. The third-order valence-corrected chi connectivity index (χ3v) is 4.74. The highest BCUT2D eigenvalue weighted by atomic mass is 79.9. The summed E-state index contributed by atoms with van der Waals surface area (Å²) in [6.07, 6.45) is 3.43. The van der Waals surface area contributed by atoms with Crippen LogP contribution in [0.25, 0.3) is 12.2 Å². The molecule has 0 unspecified atom stereocenters. The smallest absolute Gasteiger partial charge is 0.282 e. The van der Waals surface area contributed by atoms with E-state index in [9.17, 15) is 13.0 Å². The second-order valence-corrected chi connectivity index (χ2v) is 7.17. The molecule has 3 nitrogen and oxygen atoms in total. The van der Waals surface area contributed by atoms with Crippen LogP contribution in [0.5, 0.6) is 0 Å². The number of hydrogen-bond acceptors (Lipinski definition) is 2. The summed E-state index contributed by atoms with van der Waals surface area (Å²) in [7, 11) is -4.23. The van der Waals surface area contributed by atoms with E-state index in [4.69, 9.17) is 0 Å². The maximum atomic E-state index is 11.3. The number of rotatable bonds is 3. The molecule has 0 aliphatic heterocycles. The molecular formula is C14H10Br2O3S. The summed E-state index contributed by atoms with van der Waals surface area (Å²) in [5, 5.41) is 0. The lowest BCUT2D eigenvalue weighted by molar-refractivity contribution is 0.483. The molecule has 1 N–H and O–H groups in total. The highest BCUT2D eigenvalue weighted by Gasteiger charge is 2.12. The topological polar surface area (TPSA) is 54.4 Å². The van der Waals surface area contributed by atoms with E-state index < -0.39 is 10.1 Å². The summed E-state index contributed by atoms with van der Waals surface area (Å²) in [6, 6.07) is 12.0. The van der Waals surface area contributed by atoms with Crippen LogP contribution in [0.1, 0.15) is 11.1 Å². The predicted octanol–water partition coefficient (Wildman–Crippen LogP) is 4.63. The predicted molar refractivity (Wildman–Crippen MR) is 87.0 cm³/mol. The second kappa shape index (κ2) is 6.22. The fourth-order valence-corrected chi connectivity index (χ4v) is 3.12. The second-order valence-electron chi connectivity index (χ2n) is 4.01. The zero-order valence-corrected chi connectivity index (χ0v) is 14.1. The van der Waals surface area contributed by atoms with Gasteiger partial charge in [0.25, 0.3) is 10.1 Å². The Hall–Kier alpha value is -0.950. The van der Waals surface area contributed by atoms with Gasteiger partial charge in [-0.1, -0.05) is 62.2 Å². The fourth-order valence-electron chi connectivity index (χ4n) is 1.68. The van der Waals surface area contributed by atoms with Gasteiger partial charge in [0.1, 0.15) is 4.90 Å². The molecule has 0 amide bonds. The van der Waals surface area contributed by atoms with Gasteiger partial charge in [-0.25, -0.2) is 0 Å². The van der Waals surface area contributed by atoms with Crippen LogP contribution >= 0.6 is 31.9 Å². The third-order valence-electron chi connectivity index (χ3n) is 2.60. The highest BCUT2D eigenvalue weighted by molar-refractivity contribution is 9.11. The van der Waals surface area contributed by atoms with Crippen LogP contribution in [0.4, 0.5) is 0 Å². The van der Waals surface area contributed by atoms with E-state index in [1.54, 1.807) is 30.4 Å². The van der Waals surface area contributed by atoms with Crippen molar-refractivity contribution < 1.29 is 13.0 Å². The minimum absolute atomic E-state index is 0.109. The van der Waals surface area contributed by atoms with Gasteiger partial charge >= 0.3 is 0 Å². The molecule has 0 saturated carbocycles. The van der Waals surface area contributed by atoms with Crippen molar-refractivity contribution in [3.8, 4) is 0 Å². The first-order valence-electron chi connectivity index (χ1n) is 5.57. The van der Waals surface area contributed by atoms with E-state index in [0.717, 1.165) is 14.5 Å². The van der Waals surface area contributed by atoms with Gasteiger partial charge in [-0.15, -0.1) is 0 Å². The number of hydrogen-bond donors (Lipinski definition) is 1. The van der Waals surface area contributed by atoms with Gasteiger partial charge in [0, 0.05) is 8.95 Å². The number of halogens is 2. The molecule has 0 fully saturated rings. The summed E-state index contributed by atoms with van der Waals surface area (Å²) < 4.78 is 33.6. The molecule has 0 saturated heterocycles. The van der Waals surface area contributed by atoms with Gasteiger partial charge in [-0.3, -0.25) is 4.55 Å². The Kier molecular flexibility index (Phi) is 4.80. The van der Waals surface area contributed by atoms with Crippen LogP contribution < -0.4 is 0 Å². The molecule has 0 atom stereocenters. The Morgan fingerprint density at radius 3 is 2.30 bits per heavy atom. The molecule has 2 aromatic rings. The zero-order valence-electron chi connectivity index (χ0n) is 10.1. The summed E-state index contributed by atoms with van der Waals surface area (Å²) in [4.78, 5) is -0.109. The summed E-state index contributed by atoms with van der Waals surface area (Å²) in [6.45, 7) is 0. The van der Waals surface area contributed by atoms with Gasteiger partial charge in [-0.2, -0.15) is 8.42 Å². The van der Waals surface area contributed by atoms with Crippen LogP contribution in [-0.2, 0) is 10.1 Å². The van der Waals surface area contributed by atoms with Crippen molar-refractivity contribution >= 4 is 54.1 Å². The van der Waals surface area contributed by atoms with E-state index in [1.165, 1.54) is 6.07 Å². The van der Waals surface area contributed by atoms with Crippen molar-refractivity contribution in [1.29, 1.82) is 0 Å². The van der Waals surface area contributed by atoms with Gasteiger partial charge in [0.2, 0.25) is 0 Å². The molecule has 0 heterocycles. The first kappa shape index (κ1) is 15.4. The molecule has 2 rings (SSSR count). The molecule has 0 radical (unpaired) electrons. The SMILES string of the molecule is O=S(=O)(O)c1ccccc1C=Cc1cc(Br)ccc1Br. The molecule has 104 valence electrons. The Morgan fingerprint density at radius 1 is 0.950 bits per heavy atom. The van der Waals surface area contributed by atoms with Crippen LogP contribution in [0.2, 0.25) is 0 Å². The van der Waals surface area contributed by atoms with Gasteiger partial charge in [0.05, 0.1) is 0 Å². The van der Waals surface area contributed by atoms with E-state index in [-0.39, 0.29) is 4.90 Å². The lowest BCUT2D eigenvalue weighted by atomic mass is 10.1. The van der Waals surface area contributed by atoms with Crippen LogP contribution in [0.3, 0.4) is 0 Å². The van der Waals surface area contributed by atoms with Crippen molar-refractivity contribution in [2.45, 2.75) is 4.90 Å². The quantitative estimate of drug-likeness (QED) is 0.585. The molecule has 0 spiro atoms. The van der Waals surface area contributed by atoms with Crippen molar-refractivity contribution in [1.82, 2.24) is 0 Å². The maximum Gasteiger partial charge on any atom is 0.295 e. The Labute approximate surface area is 134 Å². The lowest BCUT2D eigenvalue weighted by Gasteiger charge is -2.03. The van der Waals surface area contributed by atoms with E-state index in [1.807, 2.05) is 18.2 Å². The van der Waals surface area contributed by atoms with E-state index in [2.05, 4.69) is 31.9 Å². The Morgan fingerprint density at radius 2 is 1.60 bits per heavy atom. The minimum Gasteiger partial charge on any atom is -0.282 e. The first-order valence-corrected chi connectivity index (χ1v) is 8.60. The average molecular weight is 418 g/mol. The fraction of sp³-hybridized carbons (Fsp3) is 0. The first-order chi connectivity index (χ1) is 9.38. The molecule has 20 heavy (non-hydrogen) atoms. The Bertz CT molecular complexity index is 768. The largest absolute Gasteiger partial charge is 0.295 e. The number of benzene rings is 2. The molecular weight excluding hydrogens is 408 g/mol. The van der Waals surface area contributed by atoms with E-state index >= 15 is 0 Å². The van der Waals surface area contributed by atoms with Crippen LogP contribution in [0, 0.1) is 0 Å². The summed E-state index contributed by atoms with van der Waals surface area (Å²) >= 11 is 6.80. The average Bonchev–Trinajstić information content (AvgIpc) is 2.39. The molecule has 0 aliphatic carbocycles. The standard InChI is InChI=1S/C14H10Br2O3S/c15-12-7-8-13(16)11(9-12)6-5-10-3-1-2-4-14(10)20(17,18)19/h1-9H,(H,17,18,19). The van der Waals surface area contributed by atoms with Crippen LogP contribution in [-0.4, -0.2) is 13.0 Å². The van der Waals surface area contributed by atoms with E-state index in [0.29, 0.717) is 5.56 Å². The van der Waals surface area contributed by atoms with Crippen molar-refractivity contribution in [3.63, 3.8) is 0 Å². The Balaban J connectivity index is 2.45. The maximum absolute atomic E-state index is 11.3.